The smallest absolute Gasteiger partial charge is 0.00472 e. The third kappa shape index (κ3) is 3.37. The van der Waals surface area contributed by atoms with E-state index in [1.54, 1.807) is 11.1 Å². The van der Waals surface area contributed by atoms with Gasteiger partial charge < -0.3 is 10.2 Å². The van der Waals surface area contributed by atoms with Crippen molar-refractivity contribution in [3.05, 3.63) is 35.4 Å². The van der Waals surface area contributed by atoms with Gasteiger partial charge in [0.2, 0.25) is 0 Å². The molecule has 0 saturated carbocycles. The van der Waals surface area contributed by atoms with Gasteiger partial charge in [0.15, 0.2) is 0 Å². The molecular formula is C17H26N2. The molecule has 104 valence electrons. The van der Waals surface area contributed by atoms with Crippen molar-refractivity contribution in [2.75, 3.05) is 33.2 Å². The molecule has 3 rings (SSSR count). The lowest BCUT2D eigenvalue weighted by atomic mass is 9.88. The Bertz CT molecular complexity index is 409. The van der Waals surface area contributed by atoms with E-state index in [1.165, 1.54) is 51.9 Å². The first-order valence-electron chi connectivity index (χ1n) is 7.79. The monoisotopic (exact) mass is 258 g/mol. The summed E-state index contributed by atoms with van der Waals surface area (Å²) in [6.07, 6.45) is 5.30. The maximum Gasteiger partial charge on any atom is 0.00472 e. The van der Waals surface area contributed by atoms with Crippen LogP contribution < -0.4 is 5.32 Å². The van der Waals surface area contributed by atoms with E-state index < -0.39 is 0 Å². The molecule has 2 unspecified atom stereocenters. The summed E-state index contributed by atoms with van der Waals surface area (Å²) in [5.74, 6) is 1.60. The number of nitrogens with zero attached hydrogens (tertiary/aromatic N) is 1. The van der Waals surface area contributed by atoms with Gasteiger partial charge in [-0.05, 0) is 75.3 Å². The third-order valence-electron chi connectivity index (χ3n) is 4.73. The zero-order valence-corrected chi connectivity index (χ0v) is 12.1. The molecule has 1 N–H and O–H groups in total. The first-order valence-corrected chi connectivity index (χ1v) is 7.79. The lowest BCUT2D eigenvalue weighted by Crippen LogP contribution is -2.30. The Labute approximate surface area is 117 Å². The average molecular weight is 258 g/mol. The van der Waals surface area contributed by atoms with Crippen LogP contribution in [0.2, 0.25) is 0 Å². The second-order valence-electron chi connectivity index (χ2n) is 6.41. The van der Waals surface area contributed by atoms with E-state index in [-0.39, 0.29) is 0 Å². The Hall–Kier alpha value is -0.860. The van der Waals surface area contributed by atoms with E-state index >= 15 is 0 Å². The zero-order chi connectivity index (χ0) is 13.1. The molecule has 1 aromatic carbocycles. The van der Waals surface area contributed by atoms with Gasteiger partial charge in [-0.3, -0.25) is 0 Å². The molecule has 0 aliphatic carbocycles. The van der Waals surface area contributed by atoms with Crippen LogP contribution in [-0.4, -0.2) is 38.1 Å². The van der Waals surface area contributed by atoms with E-state index in [0.29, 0.717) is 0 Å². The second-order valence-corrected chi connectivity index (χ2v) is 6.41. The second kappa shape index (κ2) is 6.06. The van der Waals surface area contributed by atoms with Crippen molar-refractivity contribution in [3.8, 4) is 0 Å². The molecule has 2 atom stereocenters. The quantitative estimate of drug-likeness (QED) is 0.896. The van der Waals surface area contributed by atoms with Gasteiger partial charge in [-0.25, -0.2) is 0 Å². The molecule has 2 fully saturated rings. The molecule has 0 amide bonds. The average Bonchev–Trinajstić information content (AvgIpc) is 2.92. The molecule has 0 aromatic heterocycles. The topological polar surface area (TPSA) is 15.3 Å². The van der Waals surface area contributed by atoms with Gasteiger partial charge in [-0.1, -0.05) is 24.3 Å². The van der Waals surface area contributed by atoms with Gasteiger partial charge in [0.1, 0.15) is 0 Å². The van der Waals surface area contributed by atoms with E-state index in [1.807, 2.05) is 0 Å². The minimum atomic E-state index is 0.750. The van der Waals surface area contributed by atoms with Crippen LogP contribution >= 0.6 is 0 Å². The highest BCUT2D eigenvalue weighted by molar-refractivity contribution is 5.27. The van der Waals surface area contributed by atoms with Gasteiger partial charge >= 0.3 is 0 Å². The highest BCUT2D eigenvalue weighted by Crippen LogP contribution is 2.27. The molecule has 2 nitrogen and oxygen atoms in total. The van der Waals surface area contributed by atoms with Gasteiger partial charge in [-0.15, -0.1) is 0 Å². The van der Waals surface area contributed by atoms with Crippen LogP contribution in [0.1, 0.15) is 36.3 Å². The minimum absolute atomic E-state index is 0.750. The number of hydrogen-bond donors (Lipinski definition) is 1. The number of piperidine rings is 1. The molecule has 0 bridgehead atoms. The van der Waals surface area contributed by atoms with Crippen molar-refractivity contribution in [1.29, 1.82) is 0 Å². The number of nitrogens with one attached hydrogen (secondary N) is 1. The molecule has 1 aromatic rings. The van der Waals surface area contributed by atoms with Crippen molar-refractivity contribution in [2.45, 2.75) is 31.6 Å². The Morgan fingerprint density at radius 3 is 3.05 bits per heavy atom. The minimum Gasteiger partial charge on any atom is -0.316 e. The fourth-order valence-electron chi connectivity index (χ4n) is 3.63. The predicted octanol–water partition coefficient (Wildman–Crippen LogP) is 2.65. The van der Waals surface area contributed by atoms with Crippen LogP contribution in [0.4, 0.5) is 0 Å². The van der Waals surface area contributed by atoms with Gasteiger partial charge in [-0.2, -0.15) is 0 Å². The Balaban J connectivity index is 1.68. The molecule has 2 aliphatic heterocycles. The summed E-state index contributed by atoms with van der Waals surface area (Å²) >= 11 is 0. The summed E-state index contributed by atoms with van der Waals surface area (Å²) < 4.78 is 0. The molecule has 2 heterocycles. The van der Waals surface area contributed by atoms with Crippen molar-refractivity contribution in [2.24, 2.45) is 5.92 Å². The van der Waals surface area contributed by atoms with E-state index in [9.17, 15) is 0 Å². The van der Waals surface area contributed by atoms with Crippen molar-refractivity contribution < 1.29 is 0 Å². The van der Waals surface area contributed by atoms with E-state index in [2.05, 4.69) is 41.5 Å². The lowest BCUT2D eigenvalue weighted by molar-refractivity contribution is 0.251. The number of likely N-dealkylation sites (N-methyl/N-ethyl adjacent to an activating group) is 1. The fourth-order valence-corrected chi connectivity index (χ4v) is 3.63. The molecule has 2 heteroatoms. The van der Waals surface area contributed by atoms with Crippen LogP contribution in [-0.2, 0) is 6.42 Å². The first kappa shape index (κ1) is 13.1. The highest BCUT2D eigenvalue weighted by atomic mass is 15.1. The third-order valence-corrected chi connectivity index (χ3v) is 4.73. The summed E-state index contributed by atoms with van der Waals surface area (Å²) in [4.78, 5) is 2.47. The summed E-state index contributed by atoms with van der Waals surface area (Å²) in [6, 6.07) is 9.39. The number of hydrogen-bond acceptors (Lipinski definition) is 2. The summed E-state index contributed by atoms with van der Waals surface area (Å²) in [6.45, 7) is 4.91. The van der Waals surface area contributed by atoms with Gasteiger partial charge in [0.25, 0.3) is 0 Å². The summed E-state index contributed by atoms with van der Waals surface area (Å²) in [5, 5.41) is 3.47. The van der Waals surface area contributed by atoms with Crippen LogP contribution in [0, 0.1) is 5.92 Å². The predicted molar refractivity (Wildman–Crippen MR) is 80.6 cm³/mol. The van der Waals surface area contributed by atoms with E-state index in [4.69, 9.17) is 0 Å². The normalized spacial score (nSPS) is 28.7. The van der Waals surface area contributed by atoms with Crippen molar-refractivity contribution >= 4 is 0 Å². The van der Waals surface area contributed by atoms with E-state index in [0.717, 1.165) is 11.8 Å². The highest BCUT2D eigenvalue weighted by Gasteiger charge is 2.20. The van der Waals surface area contributed by atoms with Crippen LogP contribution in [0.5, 0.6) is 0 Å². The Kier molecular flexibility index (Phi) is 4.19. The molecule has 0 radical (unpaired) electrons. The summed E-state index contributed by atoms with van der Waals surface area (Å²) in [7, 11) is 2.25. The van der Waals surface area contributed by atoms with Crippen LogP contribution in [0.15, 0.2) is 24.3 Å². The number of benzene rings is 1. The molecule has 0 spiro atoms. The molecule has 19 heavy (non-hydrogen) atoms. The Morgan fingerprint density at radius 2 is 2.26 bits per heavy atom. The number of likely N-dealkylation sites (tertiary alicyclic amines) is 1. The molecular weight excluding hydrogens is 232 g/mol. The maximum atomic E-state index is 3.47. The zero-order valence-electron chi connectivity index (χ0n) is 12.1. The Morgan fingerprint density at radius 1 is 1.32 bits per heavy atom. The summed E-state index contributed by atoms with van der Waals surface area (Å²) in [5.41, 5.74) is 3.11. The molecule has 2 saturated heterocycles. The lowest BCUT2D eigenvalue weighted by Gasteiger charge is -2.30. The SMILES string of the molecule is CN1CCCC(c2cccc(CC3CCNC3)c2)C1. The number of rotatable bonds is 3. The standard InChI is InChI=1S/C17H26N2/c1-19-9-3-6-17(13-19)16-5-2-4-14(11-16)10-15-7-8-18-12-15/h2,4-5,11,15,17-18H,3,6-10,12-13H2,1H3. The van der Waals surface area contributed by atoms with Crippen LogP contribution in [0.25, 0.3) is 0 Å². The van der Waals surface area contributed by atoms with Gasteiger partial charge in [0, 0.05) is 6.54 Å². The fraction of sp³-hybridized carbons (Fsp3) is 0.647. The van der Waals surface area contributed by atoms with Crippen molar-refractivity contribution in [3.63, 3.8) is 0 Å². The van der Waals surface area contributed by atoms with Gasteiger partial charge in [0.05, 0.1) is 0 Å². The maximum absolute atomic E-state index is 3.47. The first-order chi connectivity index (χ1) is 9.31. The van der Waals surface area contributed by atoms with Crippen LogP contribution in [0.3, 0.4) is 0 Å². The largest absolute Gasteiger partial charge is 0.316 e. The molecule has 2 aliphatic rings. The van der Waals surface area contributed by atoms with Crippen molar-refractivity contribution in [1.82, 2.24) is 10.2 Å².